The van der Waals surface area contributed by atoms with Gasteiger partial charge in [-0.25, -0.2) is 0 Å². The fourth-order valence-electron chi connectivity index (χ4n) is 4.10. The number of halogens is 1. The molecule has 1 N–H and O–H groups in total. The lowest BCUT2D eigenvalue weighted by Gasteiger charge is -2.30. The molecule has 2 aromatic carbocycles. The van der Waals surface area contributed by atoms with E-state index in [0.29, 0.717) is 6.54 Å². The zero-order chi connectivity index (χ0) is 18.6. The molecule has 0 amide bonds. The van der Waals surface area contributed by atoms with Gasteiger partial charge in [0.2, 0.25) is 0 Å². The molecular weight excluding hydrogens is 390 g/mol. The molecule has 2 aliphatic heterocycles. The van der Waals surface area contributed by atoms with Crippen LogP contribution in [0.5, 0.6) is 0 Å². The number of carbonyl (C=O) groups is 1. The van der Waals surface area contributed by atoms with Crippen LogP contribution >= 0.6 is 24.2 Å². The number of fused-ring (bicyclic) bond motifs is 2. The van der Waals surface area contributed by atoms with Gasteiger partial charge in [0.15, 0.2) is 0 Å². The van der Waals surface area contributed by atoms with Crippen LogP contribution in [0, 0.1) is 5.92 Å². The van der Waals surface area contributed by atoms with Crippen molar-refractivity contribution in [2.24, 2.45) is 5.92 Å². The maximum absolute atomic E-state index is 11.3. The quantitative estimate of drug-likeness (QED) is 0.732. The van der Waals surface area contributed by atoms with Crippen LogP contribution in [0.4, 0.5) is 0 Å². The van der Waals surface area contributed by atoms with Crippen LogP contribution in [-0.4, -0.2) is 35.6 Å². The number of carboxylic acid groups (broad SMARTS) is 1. The van der Waals surface area contributed by atoms with E-state index in [2.05, 4.69) is 59.5 Å². The molecule has 3 nitrogen and oxygen atoms in total. The van der Waals surface area contributed by atoms with E-state index >= 15 is 0 Å². The minimum absolute atomic E-state index is 0. The number of likely N-dealkylation sites (tertiary alicyclic amines) is 1. The molecule has 1 atom stereocenters. The van der Waals surface area contributed by atoms with Crippen molar-refractivity contribution in [3.8, 4) is 0 Å². The van der Waals surface area contributed by atoms with E-state index in [1.807, 2.05) is 11.8 Å². The van der Waals surface area contributed by atoms with Crippen LogP contribution in [0.25, 0.3) is 5.57 Å². The van der Waals surface area contributed by atoms with Gasteiger partial charge in [0.25, 0.3) is 0 Å². The Hall–Kier alpha value is -1.75. The Morgan fingerprint density at radius 3 is 2.71 bits per heavy atom. The SMILES string of the molecule is Cl.O=C(O)C1CCCN(CC/C=C2/c3ccccc3CSc3ccccc32)C1. The summed E-state index contributed by atoms with van der Waals surface area (Å²) in [4.78, 5) is 14.9. The average Bonchev–Trinajstić information content (AvgIpc) is 2.86. The summed E-state index contributed by atoms with van der Waals surface area (Å²) in [6.45, 7) is 2.61. The van der Waals surface area contributed by atoms with E-state index in [-0.39, 0.29) is 18.3 Å². The first-order valence-corrected chi connectivity index (χ1v) is 10.7. The topological polar surface area (TPSA) is 40.5 Å². The first kappa shape index (κ1) is 21.0. The summed E-state index contributed by atoms with van der Waals surface area (Å²) < 4.78 is 0. The number of piperidine rings is 1. The Bertz CT molecular complexity index is 818. The monoisotopic (exact) mass is 415 g/mol. The molecule has 1 fully saturated rings. The van der Waals surface area contributed by atoms with Gasteiger partial charge in [-0.1, -0.05) is 48.5 Å². The van der Waals surface area contributed by atoms with Gasteiger partial charge in [0.1, 0.15) is 0 Å². The molecule has 0 saturated carbocycles. The number of hydrogen-bond donors (Lipinski definition) is 1. The van der Waals surface area contributed by atoms with Crippen LogP contribution in [0.1, 0.15) is 36.0 Å². The van der Waals surface area contributed by atoms with E-state index in [4.69, 9.17) is 0 Å². The molecule has 148 valence electrons. The molecule has 2 aromatic rings. The van der Waals surface area contributed by atoms with Gasteiger partial charge in [-0.3, -0.25) is 4.79 Å². The summed E-state index contributed by atoms with van der Waals surface area (Å²) >= 11 is 1.90. The first-order valence-electron chi connectivity index (χ1n) is 9.68. The summed E-state index contributed by atoms with van der Waals surface area (Å²) in [5, 5.41) is 9.29. The second-order valence-corrected chi connectivity index (χ2v) is 8.34. The van der Waals surface area contributed by atoms with Gasteiger partial charge < -0.3 is 10.0 Å². The summed E-state index contributed by atoms with van der Waals surface area (Å²) in [5.74, 6) is 0.139. The van der Waals surface area contributed by atoms with Gasteiger partial charge in [-0.2, -0.15) is 0 Å². The van der Waals surface area contributed by atoms with Gasteiger partial charge >= 0.3 is 5.97 Å². The number of hydrogen-bond acceptors (Lipinski definition) is 3. The molecule has 2 aliphatic rings. The molecule has 1 saturated heterocycles. The summed E-state index contributed by atoms with van der Waals surface area (Å²) in [6, 6.07) is 17.3. The van der Waals surface area contributed by atoms with Crippen molar-refractivity contribution in [2.75, 3.05) is 19.6 Å². The third-order valence-electron chi connectivity index (χ3n) is 5.52. The second-order valence-electron chi connectivity index (χ2n) is 7.33. The maximum Gasteiger partial charge on any atom is 0.307 e. The number of benzene rings is 2. The Balaban J connectivity index is 0.00000225. The van der Waals surface area contributed by atoms with Crippen LogP contribution in [0.15, 0.2) is 59.5 Å². The van der Waals surface area contributed by atoms with Crippen molar-refractivity contribution in [1.82, 2.24) is 4.90 Å². The number of nitrogens with zero attached hydrogens (tertiary/aromatic N) is 1. The Morgan fingerprint density at radius 2 is 1.89 bits per heavy atom. The van der Waals surface area contributed by atoms with Crippen molar-refractivity contribution in [2.45, 2.75) is 29.9 Å². The molecule has 2 heterocycles. The highest BCUT2D eigenvalue weighted by molar-refractivity contribution is 7.98. The minimum Gasteiger partial charge on any atom is -0.481 e. The fraction of sp³-hybridized carbons (Fsp3) is 0.348. The lowest BCUT2D eigenvalue weighted by molar-refractivity contribution is -0.143. The van der Waals surface area contributed by atoms with Crippen LogP contribution < -0.4 is 0 Å². The molecule has 1 unspecified atom stereocenters. The highest BCUT2D eigenvalue weighted by Crippen LogP contribution is 2.40. The highest BCUT2D eigenvalue weighted by Gasteiger charge is 2.25. The predicted octanol–water partition coefficient (Wildman–Crippen LogP) is 5.33. The van der Waals surface area contributed by atoms with Crippen molar-refractivity contribution in [3.05, 3.63) is 71.3 Å². The lowest BCUT2D eigenvalue weighted by atomic mass is 9.93. The Morgan fingerprint density at radius 1 is 1.14 bits per heavy atom. The zero-order valence-corrected chi connectivity index (χ0v) is 17.5. The summed E-state index contributed by atoms with van der Waals surface area (Å²) in [5.41, 5.74) is 5.35. The Labute approximate surface area is 177 Å². The molecule has 0 bridgehead atoms. The molecule has 0 aliphatic carbocycles. The maximum atomic E-state index is 11.3. The largest absolute Gasteiger partial charge is 0.481 e. The number of thioether (sulfide) groups is 1. The normalized spacial score (nSPS) is 20.6. The molecule has 0 radical (unpaired) electrons. The zero-order valence-electron chi connectivity index (χ0n) is 15.8. The van der Waals surface area contributed by atoms with E-state index < -0.39 is 5.97 Å². The van der Waals surface area contributed by atoms with Crippen LogP contribution in [0.3, 0.4) is 0 Å². The van der Waals surface area contributed by atoms with E-state index in [0.717, 1.165) is 38.1 Å². The van der Waals surface area contributed by atoms with Crippen molar-refractivity contribution >= 4 is 35.7 Å². The summed E-state index contributed by atoms with van der Waals surface area (Å²) in [6.07, 6.45) is 5.09. The molecule has 4 rings (SSSR count). The fourth-order valence-corrected chi connectivity index (χ4v) is 5.17. The number of rotatable bonds is 4. The van der Waals surface area contributed by atoms with Crippen molar-refractivity contribution in [3.63, 3.8) is 0 Å². The van der Waals surface area contributed by atoms with Gasteiger partial charge in [0.05, 0.1) is 5.92 Å². The predicted molar refractivity (Wildman–Crippen MR) is 118 cm³/mol. The average molecular weight is 416 g/mol. The van der Waals surface area contributed by atoms with Crippen molar-refractivity contribution in [1.29, 1.82) is 0 Å². The number of aliphatic carboxylic acids is 1. The van der Waals surface area contributed by atoms with Crippen LogP contribution in [-0.2, 0) is 10.5 Å². The van der Waals surface area contributed by atoms with Crippen molar-refractivity contribution < 1.29 is 9.90 Å². The number of carboxylic acids is 1. The smallest absolute Gasteiger partial charge is 0.307 e. The molecule has 28 heavy (non-hydrogen) atoms. The molecule has 0 aromatic heterocycles. The third-order valence-corrected chi connectivity index (χ3v) is 6.64. The third kappa shape index (κ3) is 4.62. The summed E-state index contributed by atoms with van der Waals surface area (Å²) in [7, 11) is 0. The molecule has 5 heteroatoms. The first-order chi connectivity index (χ1) is 13.2. The lowest BCUT2D eigenvalue weighted by Crippen LogP contribution is -2.39. The molecular formula is C23H26ClNO2S. The second kappa shape index (κ2) is 9.64. The Kier molecular flexibility index (Phi) is 7.22. The van der Waals surface area contributed by atoms with Crippen LogP contribution in [0.2, 0.25) is 0 Å². The van der Waals surface area contributed by atoms with E-state index in [1.165, 1.54) is 27.2 Å². The van der Waals surface area contributed by atoms with Gasteiger partial charge in [0, 0.05) is 23.7 Å². The van der Waals surface area contributed by atoms with Gasteiger partial charge in [-0.05, 0) is 54.1 Å². The molecule has 0 spiro atoms. The highest BCUT2D eigenvalue weighted by atomic mass is 35.5. The minimum atomic E-state index is -0.651. The van der Waals surface area contributed by atoms with Gasteiger partial charge in [-0.15, -0.1) is 24.2 Å². The standard InChI is InChI=1S/C23H25NO2S.ClH/c25-23(26)17-8-5-13-24(15-17)14-6-11-20-19-9-2-1-7-18(19)16-27-22-12-4-3-10-21(20)22;/h1-4,7,9-12,17H,5-6,8,13-16H2,(H,25,26);1H/b20-11-;. The van der Waals surface area contributed by atoms with E-state index in [9.17, 15) is 9.90 Å². The van der Waals surface area contributed by atoms with E-state index in [1.54, 1.807) is 0 Å².